The highest BCUT2D eigenvalue weighted by molar-refractivity contribution is 5.97. The number of ether oxygens (including phenoxy) is 1. The average Bonchev–Trinajstić information content (AvgIpc) is 2.21. The largest absolute Gasteiger partial charge is 0.481 e. The van der Waals surface area contributed by atoms with Crippen LogP contribution in [0.25, 0.3) is 0 Å². The second-order valence-corrected chi connectivity index (χ2v) is 2.69. The summed E-state index contributed by atoms with van der Waals surface area (Å²) in [5.41, 5.74) is 0. The number of amides is 1. The van der Waals surface area contributed by atoms with E-state index in [9.17, 15) is 14.4 Å². The lowest BCUT2D eigenvalue weighted by molar-refractivity contribution is -0.158. The summed E-state index contributed by atoms with van der Waals surface area (Å²) in [6.45, 7) is -0.228. The van der Waals surface area contributed by atoms with Crippen LogP contribution in [0.4, 0.5) is 0 Å². The van der Waals surface area contributed by atoms with Crippen LogP contribution in [-0.4, -0.2) is 48.3 Å². The highest BCUT2D eigenvalue weighted by atomic mass is 16.5. The van der Waals surface area contributed by atoms with Crippen molar-refractivity contribution in [2.45, 2.75) is 6.42 Å². The summed E-state index contributed by atoms with van der Waals surface area (Å²) in [7, 11) is 1.05. The van der Waals surface area contributed by atoms with Gasteiger partial charge in [0.05, 0.1) is 20.1 Å². The van der Waals surface area contributed by atoms with E-state index in [1.54, 1.807) is 0 Å². The zero-order valence-electron chi connectivity index (χ0n) is 8.23. The average molecular weight is 219 g/mol. The minimum atomic E-state index is -1.51. The number of carboxylic acid groups (broad SMARTS) is 1. The predicted molar refractivity (Wildman–Crippen MR) is 47.9 cm³/mol. The third-order valence-corrected chi connectivity index (χ3v) is 1.61. The van der Waals surface area contributed by atoms with Crippen molar-refractivity contribution in [1.82, 2.24) is 5.32 Å². The number of rotatable bonds is 6. The summed E-state index contributed by atoms with van der Waals surface area (Å²) in [4.78, 5) is 32.6. The maximum Gasteiger partial charge on any atom is 0.320 e. The first-order chi connectivity index (χ1) is 7.02. The minimum Gasteiger partial charge on any atom is -0.481 e. The number of aliphatic carboxylic acids is 1. The van der Waals surface area contributed by atoms with Crippen LogP contribution < -0.4 is 5.32 Å². The Labute approximate surface area is 86.0 Å². The number of carbonyl (C=O) groups is 3. The Morgan fingerprint density at radius 2 is 2.00 bits per heavy atom. The SMILES string of the molecule is COC(=O)C(CC(=O)NCCO)C(=O)O. The fourth-order valence-corrected chi connectivity index (χ4v) is 0.867. The summed E-state index contributed by atoms with van der Waals surface area (Å²) < 4.78 is 4.23. The van der Waals surface area contributed by atoms with E-state index in [4.69, 9.17) is 10.2 Å². The van der Waals surface area contributed by atoms with Crippen LogP contribution in [0.3, 0.4) is 0 Å². The molecule has 0 radical (unpaired) electrons. The monoisotopic (exact) mass is 219 g/mol. The van der Waals surface area contributed by atoms with Gasteiger partial charge in [0.1, 0.15) is 0 Å². The van der Waals surface area contributed by atoms with Crippen molar-refractivity contribution < 1.29 is 29.3 Å². The van der Waals surface area contributed by atoms with Gasteiger partial charge in [-0.05, 0) is 0 Å². The highest BCUT2D eigenvalue weighted by Crippen LogP contribution is 2.05. The zero-order valence-corrected chi connectivity index (χ0v) is 8.23. The molecular formula is C8H13NO6. The Morgan fingerprint density at radius 3 is 2.40 bits per heavy atom. The van der Waals surface area contributed by atoms with Crippen molar-refractivity contribution in [2.24, 2.45) is 5.92 Å². The van der Waals surface area contributed by atoms with Crippen LogP contribution in [0.2, 0.25) is 0 Å². The van der Waals surface area contributed by atoms with Crippen molar-refractivity contribution in [3.8, 4) is 0 Å². The number of nitrogens with one attached hydrogen (secondary N) is 1. The molecule has 0 aliphatic carbocycles. The van der Waals surface area contributed by atoms with Crippen LogP contribution in [0.5, 0.6) is 0 Å². The molecule has 0 aromatic heterocycles. The molecule has 0 fully saturated rings. The van der Waals surface area contributed by atoms with E-state index in [0.717, 1.165) is 7.11 Å². The summed E-state index contributed by atoms with van der Waals surface area (Å²) in [6.07, 6.45) is -0.498. The molecule has 86 valence electrons. The molecule has 0 rings (SSSR count). The van der Waals surface area contributed by atoms with E-state index in [-0.39, 0.29) is 13.2 Å². The smallest absolute Gasteiger partial charge is 0.320 e. The fraction of sp³-hybridized carbons (Fsp3) is 0.625. The predicted octanol–water partition coefficient (Wildman–Crippen LogP) is -1.64. The summed E-state index contributed by atoms with van der Waals surface area (Å²) in [5, 5.41) is 19.2. The molecule has 15 heavy (non-hydrogen) atoms. The Kier molecular flexibility index (Phi) is 6.03. The lowest BCUT2D eigenvalue weighted by Crippen LogP contribution is -2.34. The Morgan fingerprint density at radius 1 is 1.40 bits per heavy atom. The van der Waals surface area contributed by atoms with Crippen LogP contribution in [0, 0.1) is 5.92 Å². The Bertz CT molecular complexity index is 252. The molecular weight excluding hydrogens is 206 g/mol. The van der Waals surface area contributed by atoms with E-state index in [2.05, 4.69) is 10.1 Å². The maximum absolute atomic E-state index is 11.0. The summed E-state index contributed by atoms with van der Waals surface area (Å²) in [6, 6.07) is 0. The van der Waals surface area contributed by atoms with Gasteiger partial charge in [-0.15, -0.1) is 0 Å². The third kappa shape index (κ3) is 4.96. The number of aliphatic hydroxyl groups excluding tert-OH is 1. The van der Waals surface area contributed by atoms with Crippen molar-refractivity contribution in [1.29, 1.82) is 0 Å². The van der Waals surface area contributed by atoms with E-state index in [1.165, 1.54) is 0 Å². The number of aliphatic hydroxyl groups is 1. The van der Waals surface area contributed by atoms with Gasteiger partial charge in [0.2, 0.25) is 5.91 Å². The van der Waals surface area contributed by atoms with E-state index >= 15 is 0 Å². The number of carbonyl (C=O) groups excluding carboxylic acids is 2. The number of methoxy groups -OCH3 is 1. The standard InChI is InChI=1S/C8H13NO6/c1-15-8(14)5(7(12)13)4-6(11)9-2-3-10/h5,10H,2-4H2,1H3,(H,9,11)(H,12,13). The molecule has 0 saturated carbocycles. The van der Waals surface area contributed by atoms with E-state index in [0.29, 0.717) is 0 Å². The first-order valence-electron chi connectivity index (χ1n) is 4.21. The second kappa shape index (κ2) is 6.77. The molecule has 3 N–H and O–H groups in total. The molecule has 0 heterocycles. The zero-order chi connectivity index (χ0) is 11.8. The molecule has 1 amide bonds. The highest BCUT2D eigenvalue weighted by Gasteiger charge is 2.29. The van der Waals surface area contributed by atoms with Crippen LogP contribution in [0.15, 0.2) is 0 Å². The summed E-state index contributed by atoms with van der Waals surface area (Å²) in [5.74, 6) is -4.52. The van der Waals surface area contributed by atoms with E-state index < -0.39 is 30.2 Å². The first-order valence-corrected chi connectivity index (χ1v) is 4.21. The molecule has 0 bridgehead atoms. The van der Waals surface area contributed by atoms with Crippen molar-refractivity contribution >= 4 is 17.8 Å². The number of hydrogen-bond donors (Lipinski definition) is 3. The molecule has 1 atom stereocenters. The topological polar surface area (TPSA) is 113 Å². The lowest BCUT2D eigenvalue weighted by atomic mass is 10.1. The van der Waals surface area contributed by atoms with Gasteiger partial charge >= 0.3 is 11.9 Å². The van der Waals surface area contributed by atoms with Gasteiger partial charge < -0.3 is 20.3 Å². The van der Waals surface area contributed by atoms with Crippen molar-refractivity contribution in [3.05, 3.63) is 0 Å². The molecule has 0 aromatic rings. The molecule has 0 aliphatic rings. The Hall–Kier alpha value is -1.63. The molecule has 0 aliphatic heterocycles. The number of esters is 1. The maximum atomic E-state index is 11.0. The van der Waals surface area contributed by atoms with Gasteiger partial charge in [0, 0.05) is 6.54 Å². The molecule has 0 spiro atoms. The van der Waals surface area contributed by atoms with Crippen molar-refractivity contribution in [2.75, 3.05) is 20.3 Å². The molecule has 1 unspecified atom stereocenters. The number of hydrogen-bond acceptors (Lipinski definition) is 5. The minimum absolute atomic E-state index is 0.0202. The van der Waals surface area contributed by atoms with Gasteiger partial charge in [-0.1, -0.05) is 0 Å². The van der Waals surface area contributed by atoms with Crippen LogP contribution in [0.1, 0.15) is 6.42 Å². The fourth-order valence-electron chi connectivity index (χ4n) is 0.867. The third-order valence-electron chi connectivity index (χ3n) is 1.61. The molecule has 7 nitrogen and oxygen atoms in total. The van der Waals surface area contributed by atoms with E-state index in [1.807, 2.05) is 0 Å². The van der Waals surface area contributed by atoms with Crippen molar-refractivity contribution in [3.63, 3.8) is 0 Å². The normalized spacial score (nSPS) is 11.6. The first kappa shape index (κ1) is 13.4. The van der Waals surface area contributed by atoms with Gasteiger partial charge in [-0.3, -0.25) is 14.4 Å². The van der Waals surface area contributed by atoms with Crippen LogP contribution in [-0.2, 0) is 19.1 Å². The van der Waals surface area contributed by atoms with Gasteiger partial charge in [-0.2, -0.15) is 0 Å². The summed E-state index contributed by atoms with van der Waals surface area (Å²) >= 11 is 0. The lowest BCUT2D eigenvalue weighted by Gasteiger charge is -2.09. The van der Waals surface area contributed by atoms with Gasteiger partial charge in [-0.25, -0.2) is 0 Å². The molecule has 0 aromatic carbocycles. The van der Waals surface area contributed by atoms with Gasteiger partial charge in [0.25, 0.3) is 0 Å². The molecule has 0 saturated heterocycles. The van der Waals surface area contributed by atoms with Crippen LogP contribution >= 0.6 is 0 Å². The quantitative estimate of drug-likeness (QED) is 0.364. The van der Waals surface area contributed by atoms with Gasteiger partial charge in [0.15, 0.2) is 5.92 Å². The molecule has 7 heteroatoms. The Balaban J connectivity index is 4.23. The second-order valence-electron chi connectivity index (χ2n) is 2.69. The number of carboxylic acids is 1.